The molecule has 0 bridgehead atoms. The van der Waals surface area contributed by atoms with E-state index in [1.165, 1.54) is 18.6 Å². The van der Waals surface area contributed by atoms with Crippen LogP contribution in [0.5, 0.6) is 0 Å². The molecule has 2 nitrogen and oxygen atoms in total. The zero-order valence-electron chi connectivity index (χ0n) is 11.6. The lowest BCUT2D eigenvalue weighted by Crippen LogP contribution is -2.43. The summed E-state index contributed by atoms with van der Waals surface area (Å²) in [5.41, 5.74) is 7.05. The zero-order valence-corrected chi connectivity index (χ0v) is 13.2. The fourth-order valence-electron chi connectivity index (χ4n) is 2.82. The third-order valence-corrected chi connectivity index (χ3v) is 5.04. The third-order valence-electron chi connectivity index (χ3n) is 4.35. The molecule has 0 aromatic heterocycles. The van der Waals surface area contributed by atoms with Gasteiger partial charge in [-0.2, -0.15) is 0 Å². The minimum absolute atomic E-state index is 0.171. The maximum atomic E-state index is 13.2. The first-order chi connectivity index (χ1) is 9.02. The second-order valence-corrected chi connectivity index (χ2v) is 6.51. The number of likely N-dealkylation sites (tertiary alicyclic amines) is 1. The van der Waals surface area contributed by atoms with Gasteiger partial charge in [0.15, 0.2) is 0 Å². The first-order valence-electron chi connectivity index (χ1n) is 6.92. The van der Waals surface area contributed by atoms with Gasteiger partial charge < -0.3 is 5.73 Å². The third kappa shape index (κ3) is 3.36. The van der Waals surface area contributed by atoms with Gasteiger partial charge in [0.1, 0.15) is 5.82 Å². The van der Waals surface area contributed by atoms with Gasteiger partial charge >= 0.3 is 0 Å². The molecule has 2 N–H and O–H groups in total. The van der Waals surface area contributed by atoms with E-state index in [2.05, 4.69) is 34.7 Å². The van der Waals surface area contributed by atoms with Crippen LogP contribution in [0, 0.1) is 17.7 Å². The summed E-state index contributed by atoms with van der Waals surface area (Å²) < 4.78 is 14.0. The summed E-state index contributed by atoms with van der Waals surface area (Å²) in [5.74, 6) is 1.24. The quantitative estimate of drug-likeness (QED) is 0.919. The van der Waals surface area contributed by atoms with Crippen LogP contribution in [0.4, 0.5) is 4.39 Å². The Hall–Kier alpha value is -0.450. The highest BCUT2D eigenvalue weighted by Gasteiger charge is 2.28. The average Bonchev–Trinajstić information content (AvgIpc) is 2.37. The summed E-state index contributed by atoms with van der Waals surface area (Å²) in [4.78, 5) is 2.43. The Kier molecular flexibility index (Phi) is 4.98. The molecule has 2 rings (SSSR count). The second kappa shape index (κ2) is 6.33. The van der Waals surface area contributed by atoms with Crippen molar-refractivity contribution in [3.8, 4) is 0 Å². The fraction of sp³-hybridized carbons (Fsp3) is 0.600. The van der Waals surface area contributed by atoms with E-state index in [1.54, 1.807) is 0 Å². The van der Waals surface area contributed by atoms with Crippen LogP contribution in [0.25, 0.3) is 0 Å². The summed E-state index contributed by atoms with van der Waals surface area (Å²) in [6, 6.07) is 5.05. The molecule has 0 radical (unpaired) electrons. The van der Waals surface area contributed by atoms with Gasteiger partial charge in [0, 0.05) is 23.6 Å². The van der Waals surface area contributed by atoms with Gasteiger partial charge in [0.2, 0.25) is 0 Å². The molecule has 4 heteroatoms. The van der Waals surface area contributed by atoms with Crippen molar-refractivity contribution in [3.63, 3.8) is 0 Å². The van der Waals surface area contributed by atoms with E-state index in [0.717, 1.165) is 29.0 Å². The van der Waals surface area contributed by atoms with Gasteiger partial charge in [-0.05, 0) is 42.5 Å². The number of hydrogen-bond acceptors (Lipinski definition) is 2. The molecule has 0 saturated carbocycles. The van der Waals surface area contributed by atoms with Crippen LogP contribution in [-0.2, 0) is 0 Å². The summed E-state index contributed by atoms with van der Waals surface area (Å²) in [7, 11) is 0. The predicted molar refractivity (Wildman–Crippen MR) is 80.4 cm³/mol. The van der Waals surface area contributed by atoms with Crippen molar-refractivity contribution in [1.82, 2.24) is 4.90 Å². The molecule has 3 atom stereocenters. The molecule has 106 valence electrons. The lowest BCUT2D eigenvalue weighted by atomic mass is 9.87. The molecule has 1 aromatic carbocycles. The Balaban J connectivity index is 2.20. The zero-order chi connectivity index (χ0) is 14.0. The first kappa shape index (κ1) is 14.9. The van der Waals surface area contributed by atoms with Crippen LogP contribution in [0.15, 0.2) is 22.7 Å². The van der Waals surface area contributed by atoms with Crippen molar-refractivity contribution in [2.75, 3.05) is 19.6 Å². The van der Waals surface area contributed by atoms with Crippen LogP contribution >= 0.6 is 15.9 Å². The largest absolute Gasteiger partial charge is 0.329 e. The van der Waals surface area contributed by atoms with E-state index >= 15 is 0 Å². The molecule has 1 fully saturated rings. The number of rotatable bonds is 3. The Morgan fingerprint density at radius 2 is 2.16 bits per heavy atom. The molecule has 1 aliphatic rings. The lowest BCUT2D eigenvalue weighted by Gasteiger charge is -2.40. The van der Waals surface area contributed by atoms with Crippen LogP contribution in [0.3, 0.4) is 0 Å². The van der Waals surface area contributed by atoms with Crippen LogP contribution in [0.2, 0.25) is 0 Å². The molecule has 0 aliphatic carbocycles. The topological polar surface area (TPSA) is 29.3 Å². The monoisotopic (exact) mass is 328 g/mol. The van der Waals surface area contributed by atoms with Gasteiger partial charge in [0.05, 0.1) is 0 Å². The van der Waals surface area contributed by atoms with Gasteiger partial charge in [-0.15, -0.1) is 0 Å². The summed E-state index contributed by atoms with van der Waals surface area (Å²) in [6.07, 6.45) is 1.20. The molecule has 3 unspecified atom stereocenters. The standard InChI is InChI=1S/C15H22BrFN2/c1-10-5-6-19(9-11(10)2)15(8-18)13-4-3-12(17)7-14(13)16/h3-4,7,10-11,15H,5-6,8-9,18H2,1-2H3. The van der Waals surface area contributed by atoms with Gasteiger partial charge in [-0.3, -0.25) is 4.90 Å². The Morgan fingerprint density at radius 3 is 2.74 bits per heavy atom. The van der Waals surface area contributed by atoms with Crippen LogP contribution in [-0.4, -0.2) is 24.5 Å². The normalized spacial score (nSPS) is 26.4. The minimum atomic E-state index is -0.216. The molecule has 1 aromatic rings. The van der Waals surface area contributed by atoms with Gasteiger partial charge in [-0.1, -0.05) is 35.8 Å². The van der Waals surface area contributed by atoms with Crippen molar-refractivity contribution in [2.45, 2.75) is 26.3 Å². The van der Waals surface area contributed by atoms with Crippen LogP contribution < -0.4 is 5.73 Å². The van der Waals surface area contributed by atoms with E-state index < -0.39 is 0 Å². The summed E-state index contributed by atoms with van der Waals surface area (Å²) in [5, 5.41) is 0. The molecule has 1 heterocycles. The van der Waals surface area contributed by atoms with Gasteiger partial charge in [-0.25, -0.2) is 4.39 Å². The van der Waals surface area contributed by atoms with Crippen LogP contribution in [0.1, 0.15) is 31.9 Å². The van der Waals surface area contributed by atoms with Crippen molar-refractivity contribution in [3.05, 3.63) is 34.1 Å². The average molecular weight is 329 g/mol. The maximum absolute atomic E-state index is 13.2. The molecule has 1 aliphatic heterocycles. The van der Waals surface area contributed by atoms with Crippen molar-refractivity contribution < 1.29 is 4.39 Å². The molecule has 19 heavy (non-hydrogen) atoms. The lowest BCUT2D eigenvalue weighted by molar-refractivity contribution is 0.0980. The maximum Gasteiger partial charge on any atom is 0.124 e. The van der Waals surface area contributed by atoms with E-state index in [0.29, 0.717) is 12.5 Å². The Labute approximate surface area is 123 Å². The minimum Gasteiger partial charge on any atom is -0.329 e. The molecule has 0 spiro atoms. The smallest absolute Gasteiger partial charge is 0.124 e. The highest BCUT2D eigenvalue weighted by Crippen LogP contribution is 2.32. The number of benzene rings is 1. The fourth-order valence-corrected chi connectivity index (χ4v) is 3.44. The molecular formula is C15H22BrFN2. The first-order valence-corrected chi connectivity index (χ1v) is 7.71. The summed E-state index contributed by atoms with van der Waals surface area (Å²) in [6.45, 7) is 7.30. The van der Waals surface area contributed by atoms with E-state index in [9.17, 15) is 4.39 Å². The number of nitrogens with zero attached hydrogens (tertiary/aromatic N) is 1. The number of piperidine rings is 1. The molecular weight excluding hydrogens is 307 g/mol. The van der Waals surface area contributed by atoms with E-state index in [-0.39, 0.29) is 11.9 Å². The second-order valence-electron chi connectivity index (χ2n) is 5.66. The van der Waals surface area contributed by atoms with Crippen molar-refractivity contribution in [2.24, 2.45) is 17.6 Å². The van der Waals surface area contributed by atoms with Gasteiger partial charge in [0.25, 0.3) is 0 Å². The highest BCUT2D eigenvalue weighted by atomic mass is 79.9. The Bertz CT molecular complexity index is 438. The van der Waals surface area contributed by atoms with Crippen molar-refractivity contribution in [1.29, 1.82) is 0 Å². The molecule has 1 saturated heterocycles. The summed E-state index contributed by atoms with van der Waals surface area (Å²) >= 11 is 3.46. The van der Waals surface area contributed by atoms with Crippen molar-refractivity contribution >= 4 is 15.9 Å². The molecule has 0 amide bonds. The van der Waals surface area contributed by atoms with E-state index in [4.69, 9.17) is 5.73 Å². The number of nitrogens with two attached hydrogens (primary N) is 1. The highest BCUT2D eigenvalue weighted by molar-refractivity contribution is 9.10. The SMILES string of the molecule is CC1CCN(C(CN)c2ccc(F)cc2Br)CC1C. The number of halogens is 2. The number of hydrogen-bond donors (Lipinski definition) is 1. The Morgan fingerprint density at radius 1 is 1.42 bits per heavy atom. The van der Waals surface area contributed by atoms with E-state index in [1.807, 2.05) is 6.07 Å². The predicted octanol–water partition coefficient (Wildman–Crippen LogP) is 3.57.